The first kappa shape index (κ1) is 14.0. The lowest BCUT2D eigenvalue weighted by Crippen LogP contribution is -2.46. The maximum atomic E-state index is 12.2. The maximum absolute atomic E-state index is 12.2. The monoisotopic (exact) mass is 254 g/mol. The molecule has 1 amide bonds. The van der Waals surface area contributed by atoms with Crippen molar-refractivity contribution in [1.29, 1.82) is 0 Å². The van der Waals surface area contributed by atoms with Crippen LogP contribution in [0.15, 0.2) is 30.3 Å². The smallest absolute Gasteiger partial charge is 0.253 e. The normalized spacial score (nSPS) is 19.6. The van der Waals surface area contributed by atoms with Crippen LogP contribution in [0.3, 0.4) is 0 Å². The van der Waals surface area contributed by atoms with E-state index in [4.69, 9.17) is 0 Å². The molecule has 1 aliphatic heterocycles. The van der Waals surface area contributed by atoms with E-state index in [0.717, 1.165) is 31.5 Å². The highest BCUT2D eigenvalue weighted by atomic mass is 35.5. The van der Waals surface area contributed by atoms with Crippen molar-refractivity contribution < 1.29 is 4.79 Å². The fourth-order valence-corrected chi connectivity index (χ4v) is 2.16. The van der Waals surface area contributed by atoms with Crippen LogP contribution in [0.4, 0.5) is 0 Å². The second-order valence-corrected chi connectivity index (χ2v) is 4.25. The predicted octanol–water partition coefficient (Wildman–Crippen LogP) is 1.93. The van der Waals surface area contributed by atoms with Gasteiger partial charge in [-0.15, -0.1) is 12.4 Å². The minimum absolute atomic E-state index is 0. The van der Waals surface area contributed by atoms with Gasteiger partial charge in [0.25, 0.3) is 5.91 Å². The quantitative estimate of drug-likeness (QED) is 0.875. The number of halogens is 1. The summed E-state index contributed by atoms with van der Waals surface area (Å²) >= 11 is 0. The summed E-state index contributed by atoms with van der Waals surface area (Å²) in [6, 6.07) is 9.96. The average Bonchev–Trinajstić information content (AvgIpc) is 2.39. The first-order chi connectivity index (χ1) is 7.81. The molecule has 1 atom stereocenters. The molecule has 1 heterocycles. The molecule has 17 heavy (non-hydrogen) atoms. The molecule has 0 spiro atoms. The van der Waals surface area contributed by atoms with E-state index in [9.17, 15) is 4.79 Å². The van der Waals surface area contributed by atoms with E-state index in [1.807, 2.05) is 42.3 Å². The van der Waals surface area contributed by atoms with Crippen molar-refractivity contribution >= 4 is 18.3 Å². The molecule has 0 saturated carbocycles. The second-order valence-electron chi connectivity index (χ2n) is 4.25. The minimum Gasteiger partial charge on any atom is -0.337 e. The number of benzene rings is 1. The number of piperidine rings is 1. The van der Waals surface area contributed by atoms with Gasteiger partial charge in [0.15, 0.2) is 0 Å². The Morgan fingerprint density at radius 2 is 2.06 bits per heavy atom. The molecule has 1 aromatic carbocycles. The van der Waals surface area contributed by atoms with Crippen molar-refractivity contribution in [3.8, 4) is 0 Å². The molecule has 1 aliphatic rings. The molecule has 0 radical (unpaired) electrons. The Bertz CT molecular complexity index is 356. The molecule has 0 aliphatic carbocycles. The van der Waals surface area contributed by atoms with Crippen molar-refractivity contribution in [2.75, 3.05) is 20.1 Å². The number of amides is 1. The van der Waals surface area contributed by atoms with E-state index in [-0.39, 0.29) is 18.3 Å². The molecule has 0 bridgehead atoms. The Labute approximate surface area is 109 Å². The van der Waals surface area contributed by atoms with Crippen LogP contribution in [0.2, 0.25) is 0 Å². The van der Waals surface area contributed by atoms with Crippen LogP contribution >= 0.6 is 12.4 Å². The first-order valence-electron chi connectivity index (χ1n) is 5.83. The molecule has 1 N–H and O–H groups in total. The van der Waals surface area contributed by atoms with Crippen molar-refractivity contribution in [3.05, 3.63) is 35.9 Å². The van der Waals surface area contributed by atoms with Crippen LogP contribution in [0.1, 0.15) is 23.2 Å². The van der Waals surface area contributed by atoms with Gasteiger partial charge in [-0.05, 0) is 32.0 Å². The zero-order chi connectivity index (χ0) is 11.4. The topological polar surface area (TPSA) is 32.3 Å². The number of rotatable bonds is 2. The zero-order valence-corrected chi connectivity index (χ0v) is 10.9. The summed E-state index contributed by atoms with van der Waals surface area (Å²) in [5, 5.41) is 3.25. The van der Waals surface area contributed by atoms with Gasteiger partial charge in [-0.25, -0.2) is 0 Å². The minimum atomic E-state index is 0. The number of hydrogen-bond acceptors (Lipinski definition) is 2. The fraction of sp³-hybridized carbons (Fsp3) is 0.462. The highest BCUT2D eigenvalue weighted by molar-refractivity contribution is 5.94. The molecule has 4 heteroatoms. The van der Waals surface area contributed by atoms with E-state index >= 15 is 0 Å². The molecule has 0 unspecified atom stereocenters. The SMILES string of the molecule is CN[C@@H]1CCCN(C(=O)c2ccccc2)C1.Cl. The average molecular weight is 255 g/mol. The highest BCUT2D eigenvalue weighted by Gasteiger charge is 2.22. The molecule has 0 aromatic heterocycles. The number of nitrogens with zero attached hydrogens (tertiary/aromatic N) is 1. The number of hydrogen-bond donors (Lipinski definition) is 1. The molecule has 2 rings (SSSR count). The van der Waals surface area contributed by atoms with Crippen LogP contribution in [0.25, 0.3) is 0 Å². The van der Waals surface area contributed by atoms with Crippen LogP contribution < -0.4 is 5.32 Å². The first-order valence-corrected chi connectivity index (χ1v) is 5.83. The van der Waals surface area contributed by atoms with Gasteiger partial charge >= 0.3 is 0 Å². The third-order valence-electron chi connectivity index (χ3n) is 3.14. The number of likely N-dealkylation sites (N-methyl/N-ethyl adjacent to an activating group) is 1. The van der Waals surface area contributed by atoms with E-state index in [1.54, 1.807) is 0 Å². The third kappa shape index (κ3) is 3.45. The Morgan fingerprint density at radius 3 is 2.71 bits per heavy atom. The van der Waals surface area contributed by atoms with Crippen LogP contribution in [-0.2, 0) is 0 Å². The van der Waals surface area contributed by atoms with E-state index < -0.39 is 0 Å². The number of carbonyl (C=O) groups is 1. The number of nitrogens with one attached hydrogen (secondary N) is 1. The molecule has 1 aromatic rings. The lowest BCUT2D eigenvalue weighted by molar-refractivity contribution is 0.0698. The van der Waals surface area contributed by atoms with E-state index in [1.165, 1.54) is 0 Å². The summed E-state index contributed by atoms with van der Waals surface area (Å²) in [6.07, 6.45) is 2.25. The van der Waals surface area contributed by atoms with Gasteiger partial charge in [-0.3, -0.25) is 4.79 Å². The van der Waals surface area contributed by atoms with Gasteiger partial charge in [0, 0.05) is 24.7 Å². The Hall–Kier alpha value is -1.06. The number of likely N-dealkylation sites (tertiary alicyclic amines) is 1. The number of carbonyl (C=O) groups excluding carboxylic acids is 1. The maximum Gasteiger partial charge on any atom is 0.253 e. The van der Waals surface area contributed by atoms with Crippen molar-refractivity contribution in [1.82, 2.24) is 10.2 Å². The predicted molar refractivity (Wildman–Crippen MR) is 71.7 cm³/mol. The van der Waals surface area contributed by atoms with Crippen molar-refractivity contribution in [2.24, 2.45) is 0 Å². The van der Waals surface area contributed by atoms with Gasteiger partial charge in [0.1, 0.15) is 0 Å². The highest BCUT2D eigenvalue weighted by Crippen LogP contribution is 2.13. The Kier molecular flexibility index (Phi) is 5.45. The lowest BCUT2D eigenvalue weighted by Gasteiger charge is -2.32. The van der Waals surface area contributed by atoms with Crippen LogP contribution in [-0.4, -0.2) is 37.0 Å². The van der Waals surface area contributed by atoms with Gasteiger partial charge in [-0.1, -0.05) is 18.2 Å². The van der Waals surface area contributed by atoms with Gasteiger partial charge < -0.3 is 10.2 Å². The summed E-state index contributed by atoms with van der Waals surface area (Å²) < 4.78 is 0. The van der Waals surface area contributed by atoms with Crippen molar-refractivity contribution in [3.63, 3.8) is 0 Å². The molecular weight excluding hydrogens is 236 g/mol. The molecule has 3 nitrogen and oxygen atoms in total. The van der Waals surface area contributed by atoms with Gasteiger partial charge in [0.2, 0.25) is 0 Å². The summed E-state index contributed by atoms with van der Waals surface area (Å²) in [4.78, 5) is 14.1. The summed E-state index contributed by atoms with van der Waals surface area (Å²) in [7, 11) is 1.96. The molecule has 1 fully saturated rings. The Balaban J connectivity index is 0.00000144. The largest absolute Gasteiger partial charge is 0.337 e. The van der Waals surface area contributed by atoms with Gasteiger partial charge in [0.05, 0.1) is 0 Å². The molecular formula is C13H19ClN2O. The molecule has 1 saturated heterocycles. The zero-order valence-electron chi connectivity index (χ0n) is 10.1. The van der Waals surface area contributed by atoms with Crippen molar-refractivity contribution in [2.45, 2.75) is 18.9 Å². The third-order valence-corrected chi connectivity index (χ3v) is 3.14. The van der Waals surface area contributed by atoms with Gasteiger partial charge in [-0.2, -0.15) is 0 Å². The summed E-state index contributed by atoms with van der Waals surface area (Å²) in [5.41, 5.74) is 0.791. The fourth-order valence-electron chi connectivity index (χ4n) is 2.16. The lowest BCUT2D eigenvalue weighted by atomic mass is 10.0. The molecule has 94 valence electrons. The van der Waals surface area contributed by atoms with Crippen LogP contribution in [0, 0.1) is 0 Å². The Morgan fingerprint density at radius 1 is 1.35 bits per heavy atom. The second kappa shape index (κ2) is 6.62. The van der Waals surface area contributed by atoms with E-state index in [0.29, 0.717) is 6.04 Å². The summed E-state index contributed by atoms with van der Waals surface area (Å²) in [6.45, 7) is 1.70. The summed E-state index contributed by atoms with van der Waals surface area (Å²) in [5.74, 6) is 0.153. The van der Waals surface area contributed by atoms with Crippen LogP contribution in [0.5, 0.6) is 0 Å². The van der Waals surface area contributed by atoms with E-state index in [2.05, 4.69) is 5.32 Å². The standard InChI is InChI=1S/C13H18N2O.ClH/c1-14-12-8-5-9-15(10-12)13(16)11-6-3-2-4-7-11;/h2-4,6-7,12,14H,5,8-10H2,1H3;1H/t12-;/m1./s1.